The van der Waals surface area contributed by atoms with Gasteiger partial charge in [-0.05, 0) is 79.8 Å². The lowest BCUT2D eigenvalue weighted by Gasteiger charge is -2.11. The molecule has 210 valence electrons. The number of carbonyl (C=O) groups is 1. The second-order valence-electron chi connectivity index (χ2n) is 9.72. The molecular formula is C32H38F3NO3. The zero-order chi connectivity index (χ0) is 28.7. The van der Waals surface area contributed by atoms with Gasteiger partial charge < -0.3 is 9.47 Å². The highest BCUT2D eigenvalue weighted by atomic mass is 19.4. The van der Waals surface area contributed by atoms with Crippen LogP contribution in [0.2, 0.25) is 0 Å². The summed E-state index contributed by atoms with van der Waals surface area (Å²) < 4.78 is 49.3. The summed E-state index contributed by atoms with van der Waals surface area (Å²) in [7, 11) is 0. The minimum absolute atomic E-state index is 0.314. The van der Waals surface area contributed by atoms with Gasteiger partial charge >= 0.3 is 12.1 Å². The van der Waals surface area contributed by atoms with Crippen molar-refractivity contribution in [1.29, 1.82) is 5.26 Å². The minimum atomic E-state index is -4.39. The molecule has 0 bridgehead atoms. The largest absolute Gasteiger partial charge is 0.493 e. The molecule has 2 rings (SSSR count). The first kappa shape index (κ1) is 31.7. The first-order chi connectivity index (χ1) is 18.6. The van der Waals surface area contributed by atoms with E-state index < -0.39 is 11.7 Å². The van der Waals surface area contributed by atoms with Crippen LogP contribution in [0.25, 0.3) is 11.6 Å². The molecule has 39 heavy (non-hydrogen) atoms. The normalized spacial score (nSPS) is 11.6. The second-order valence-corrected chi connectivity index (χ2v) is 9.72. The number of rotatable bonds is 16. The van der Waals surface area contributed by atoms with Crippen molar-refractivity contribution in [1.82, 2.24) is 0 Å². The Kier molecular flexibility index (Phi) is 13.4. The summed E-state index contributed by atoms with van der Waals surface area (Å²) >= 11 is 0. The van der Waals surface area contributed by atoms with E-state index in [2.05, 4.69) is 12.6 Å². The van der Waals surface area contributed by atoms with Gasteiger partial charge in [-0.25, -0.2) is 4.79 Å². The highest BCUT2D eigenvalue weighted by molar-refractivity contribution is 5.90. The molecule has 0 fully saturated rings. The Balaban J connectivity index is 1.66. The quantitative estimate of drug-likeness (QED) is 0.0699. The van der Waals surface area contributed by atoms with Gasteiger partial charge in [0.2, 0.25) is 0 Å². The van der Waals surface area contributed by atoms with Crippen LogP contribution in [-0.2, 0) is 15.7 Å². The van der Waals surface area contributed by atoms with Gasteiger partial charge in [0.05, 0.1) is 30.4 Å². The highest BCUT2D eigenvalue weighted by Gasteiger charge is 2.29. The van der Waals surface area contributed by atoms with Crippen molar-refractivity contribution in [2.75, 3.05) is 13.2 Å². The Morgan fingerprint density at radius 3 is 2.00 bits per heavy atom. The van der Waals surface area contributed by atoms with Gasteiger partial charge in [-0.1, -0.05) is 63.7 Å². The van der Waals surface area contributed by atoms with Crippen LogP contribution in [0.5, 0.6) is 5.75 Å². The summed E-state index contributed by atoms with van der Waals surface area (Å²) in [5.74, 6) is 0.450. The Morgan fingerprint density at radius 1 is 0.923 bits per heavy atom. The van der Waals surface area contributed by atoms with Crippen molar-refractivity contribution in [3.8, 4) is 11.8 Å². The third kappa shape index (κ3) is 11.8. The molecule has 0 aliphatic rings. The zero-order valence-electron chi connectivity index (χ0n) is 22.9. The van der Waals surface area contributed by atoms with Gasteiger partial charge in [0, 0.05) is 5.57 Å². The third-order valence-electron chi connectivity index (χ3n) is 6.28. The number of hydrogen-bond acceptors (Lipinski definition) is 4. The molecule has 0 spiro atoms. The van der Waals surface area contributed by atoms with E-state index in [1.807, 2.05) is 19.1 Å². The van der Waals surface area contributed by atoms with E-state index in [9.17, 15) is 23.2 Å². The van der Waals surface area contributed by atoms with E-state index in [-0.39, 0.29) is 5.97 Å². The van der Waals surface area contributed by atoms with Crippen LogP contribution in [0.4, 0.5) is 13.2 Å². The number of esters is 1. The standard InChI is InChI=1S/C32H38F3NO3/c1-24(2)31(37)39-20-12-10-8-6-4-5-7-9-11-19-38-30-18-15-27(21-25(30)3)28(23-36)22-26-13-16-29(17-14-26)32(33,34)35/h13-18,21-22H,1,4-12,19-20H2,2-3H3/b28-22+. The lowest BCUT2D eigenvalue weighted by Crippen LogP contribution is -2.05. The van der Waals surface area contributed by atoms with E-state index in [4.69, 9.17) is 9.47 Å². The molecule has 4 nitrogen and oxygen atoms in total. The monoisotopic (exact) mass is 541 g/mol. The lowest BCUT2D eigenvalue weighted by molar-refractivity contribution is -0.139. The van der Waals surface area contributed by atoms with E-state index in [0.29, 0.717) is 35.5 Å². The fraction of sp³-hybridized carbons (Fsp3) is 0.438. The molecule has 0 radical (unpaired) electrons. The number of benzene rings is 2. The summed E-state index contributed by atoms with van der Waals surface area (Å²) in [5, 5.41) is 9.60. The number of nitrogens with zero attached hydrogens (tertiary/aromatic N) is 1. The number of halogens is 3. The maximum atomic E-state index is 12.8. The van der Waals surface area contributed by atoms with Crippen molar-refractivity contribution in [3.05, 3.63) is 76.9 Å². The van der Waals surface area contributed by atoms with Crippen molar-refractivity contribution in [2.45, 2.75) is 77.8 Å². The predicted molar refractivity (Wildman–Crippen MR) is 149 cm³/mol. The first-order valence-corrected chi connectivity index (χ1v) is 13.5. The van der Waals surface area contributed by atoms with Gasteiger partial charge in [0.1, 0.15) is 5.75 Å². The summed E-state index contributed by atoms with van der Waals surface area (Å²) in [6.45, 7) is 8.21. The van der Waals surface area contributed by atoms with Gasteiger partial charge in [0.15, 0.2) is 0 Å². The first-order valence-electron chi connectivity index (χ1n) is 13.5. The molecule has 0 unspecified atom stereocenters. The number of nitriles is 1. The fourth-order valence-corrected chi connectivity index (χ4v) is 4.01. The number of ether oxygens (including phenoxy) is 2. The fourth-order valence-electron chi connectivity index (χ4n) is 4.01. The van der Waals surface area contributed by atoms with Gasteiger partial charge in [-0.15, -0.1) is 0 Å². The topological polar surface area (TPSA) is 59.3 Å². The average Bonchev–Trinajstić information content (AvgIpc) is 2.90. The van der Waals surface area contributed by atoms with Gasteiger partial charge in [-0.2, -0.15) is 18.4 Å². The Bertz CT molecular complexity index is 1140. The molecule has 0 atom stereocenters. The van der Waals surface area contributed by atoms with Crippen LogP contribution in [-0.4, -0.2) is 19.2 Å². The lowest BCUT2D eigenvalue weighted by atomic mass is 10.0. The van der Waals surface area contributed by atoms with Crippen LogP contribution >= 0.6 is 0 Å². The minimum Gasteiger partial charge on any atom is -0.493 e. The molecule has 0 amide bonds. The third-order valence-corrected chi connectivity index (χ3v) is 6.28. The summed E-state index contributed by atoms with van der Waals surface area (Å²) in [5.41, 5.74) is 2.20. The van der Waals surface area contributed by atoms with Crippen LogP contribution < -0.4 is 4.74 Å². The Labute approximate surface area is 230 Å². The molecule has 0 aromatic heterocycles. The molecule has 0 N–H and O–H groups in total. The number of allylic oxidation sites excluding steroid dienone is 1. The van der Waals surface area contributed by atoms with Crippen molar-refractivity contribution in [3.63, 3.8) is 0 Å². The number of hydrogen-bond donors (Lipinski definition) is 0. The molecule has 2 aromatic carbocycles. The number of carbonyl (C=O) groups excluding carboxylic acids is 1. The van der Waals surface area contributed by atoms with E-state index in [1.54, 1.807) is 19.1 Å². The molecular weight excluding hydrogens is 503 g/mol. The maximum absolute atomic E-state index is 12.8. The number of unbranched alkanes of at least 4 members (excludes halogenated alkanes) is 8. The van der Waals surface area contributed by atoms with Crippen LogP contribution in [0.15, 0.2) is 54.6 Å². The summed E-state index contributed by atoms with van der Waals surface area (Å²) in [6.07, 6.45) is 7.11. The van der Waals surface area contributed by atoms with Crippen molar-refractivity contribution >= 4 is 17.6 Å². The average molecular weight is 542 g/mol. The van der Waals surface area contributed by atoms with E-state index in [0.717, 1.165) is 62.0 Å². The van der Waals surface area contributed by atoms with Crippen molar-refractivity contribution in [2.24, 2.45) is 0 Å². The van der Waals surface area contributed by atoms with Crippen molar-refractivity contribution < 1.29 is 27.4 Å². The van der Waals surface area contributed by atoms with Crippen LogP contribution in [0.1, 0.15) is 87.0 Å². The highest BCUT2D eigenvalue weighted by Crippen LogP contribution is 2.30. The zero-order valence-corrected chi connectivity index (χ0v) is 22.9. The van der Waals surface area contributed by atoms with Gasteiger partial charge in [-0.3, -0.25) is 0 Å². The van der Waals surface area contributed by atoms with E-state index in [1.165, 1.54) is 31.4 Å². The molecule has 7 heteroatoms. The Hall–Kier alpha value is -3.53. The van der Waals surface area contributed by atoms with Crippen LogP contribution in [0.3, 0.4) is 0 Å². The smallest absolute Gasteiger partial charge is 0.416 e. The predicted octanol–water partition coefficient (Wildman–Crippen LogP) is 9.09. The van der Waals surface area contributed by atoms with Gasteiger partial charge in [0.25, 0.3) is 0 Å². The van der Waals surface area contributed by atoms with E-state index >= 15 is 0 Å². The molecule has 0 saturated carbocycles. The second kappa shape index (κ2) is 16.4. The summed E-state index contributed by atoms with van der Waals surface area (Å²) in [6, 6.07) is 12.4. The number of alkyl halides is 3. The van der Waals surface area contributed by atoms with Crippen LogP contribution in [0, 0.1) is 18.3 Å². The SMILES string of the molecule is C=C(C)C(=O)OCCCCCCCCCCCOc1ccc(/C(C#N)=C/c2ccc(C(F)(F)F)cc2)cc1C. The molecule has 2 aromatic rings. The maximum Gasteiger partial charge on any atom is 0.416 e. The molecule has 0 aliphatic heterocycles. The molecule has 0 saturated heterocycles. The summed E-state index contributed by atoms with van der Waals surface area (Å²) in [4.78, 5) is 11.3. The molecule has 0 heterocycles. The Morgan fingerprint density at radius 2 is 1.49 bits per heavy atom. The number of aryl methyl sites for hydroxylation is 1. The molecule has 0 aliphatic carbocycles.